The topological polar surface area (TPSA) is 20.7 Å². The van der Waals surface area contributed by atoms with E-state index in [9.17, 15) is 0 Å². The molecule has 1 aromatic carbocycles. The maximum atomic E-state index is 5.24. The zero-order chi connectivity index (χ0) is 10.1. The van der Waals surface area contributed by atoms with E-state index >= 15 is 0 Å². The first-order valence-electron chi connectivity index (χ1n) is 4.50. The van der Waals surface area contributed by atoms with Gasteiger partial charge in [-0.05, 0) is 31.3 Å². The maximum absolute atomic E-state index is 5.24. The fraction of sp³-hybridized carbons (Fsp3) is 0.182. The number of para-hydroxylation sites is 2. The van der Waals surface area contributed by atoms with E-state index in [-0.39, 0.29) is 0 Å². The molecule has 0 saturated heterocycles. The van der Waals surface area contributed by atoms with Crippen LogP contribution in [-0.4, -0.2) is 9.55 Å². The Morgan fingerprint density at radius 1 is 1.50 bits per heavy atom. The molecule has 0 aliphatic rings. The number of rotatable bonds is 2. The number of hydrogen-bond donors (Lipinski definition) is 1. The molecule has 0 bridgehead atoms. The number of fused-ring (bicyclic) bond motifs is 1. The van der Waals surface area contributed by atoms with Gasteiger partial charge >= 0.3 is 0 Å². The number of nitrogens with one attached hydrogen (secondary N) is 1. The van der Waals surface area contributed by atoms with Crippen LogP contribution < -0.4 is 0 Å². The van der Waals surface area contributed by atoms with Crippen LogP contribution in [0, 0.1) is 4.77 Å². The molecule has 0 aliphatic carbocycles. The number of aromatic nitrogens is 2. The molecule has 0 unspecified atom stereocenters. The van der Waals surface area contributed by atoms with Crippen LogP contribution in [0.3, 0.4) is 0 Å². The van der Waals surface area contributed by atoms with Gasteiger partial charge in [-0.15, -0.1) is 0 Å². The summed E-state index contributed by atoms with van der Waals surface area (Å²) in [5.41, 5.74) is 3.32. The molecule has 0 atom stereocenters. The Kier molecular flexibility index (Phi) is 2.25. The molecule has 2 rings (SSSR count). The lowest BCUT2D eigenvalue weighted by Gasteiger charge is -2.02. The summed E-state index contributed by atoms with van der Waals surface area (Å²) in [6, 6.07) is 8.10. The monoisotopic (exact) mass is 204 g/mol. The fourth-order valence-electron chi connectivity index (χ4n) is 1.53. The van der Waals surface area contributed by atoms with Crippen molar-refractivity contribution in [3.8, 4) is 0 Å². The van der Waals surface area contributed by atoms with Crippen molar-refractivity contribution in [2.45, 2.75) is 13.5 Å². The van der Waals surface area contributed by atoms with E-state index in [1.54, 1.807) is 0 Å². The van der Waals surface area contributed by atoms with Gasteiger partial charge in [0, 0.05) is 6.54 Å². The molecule has 1 aromatic heterocycles. The second-order valence-electron chi connectivity index (χ2n) is 3.49. The van der Waals surface area contributed by atoms with Gasteiger partial charge in [0.25, 0.3) is 0 Å². The van der Waals surface area contributed by atoms with Gasteiger partial charge in [-0.25, -0.2) is 0 Å². The van der Waals surface area contributed by atoms with E-state index in [1.165, 1.54) is 0 Å². The smallest absolute Gasteiger partial charge is 0.178 e. The normalized spacial score (nSPS) is 10.6. The van der Waals surface area contributed by atoms with E-state index in [0.717, 1.165) is 27.9 Å². The molecule has 0 saturated carbocycles. The highest BCUT2D eigenvalue weighted by molar-refractivity contribution is 7.71. The Morgan fingerprint density at radius 3 is 2.93 bits per heavy atom. The molecule has 0 spiro atoms. The summed E-state index contributed by atoms with van der Waals surface area (Å²) in [5, 5.41) is 0. The van der Waals surface area contributed by atoms with Crippen LogP contribution >= 0.6 is 12.2 Å². The fourth-order valence-corrected chi connectivity index (χ4v) is 1.81. The van der Waals surface area contributed by atoms with Crippen LogP contribution in [0.2, 0.25) is 0 Å². The Hall–Kier alpha value is -1.35. The van der Waals surface area contributed by atoms with E-state index in [4.69, 9.17) is 12.2 Å². The van der Waals surface area contributed by atoms with Gasteiger partial charge in [0.15, 0.2) is 4.77 Å². The summed E-state index contributed by atoms with van der Waals surface area (Å²) in [7, 11) is 0. The summed E-state index contributed by atoms with van der Waals surface area (Å²) in [5.74, 6) is 0. The zero-order valence-corrected chi connectivity index (χ0v) is 8.90. The molecule has 1 N–H and O–H groups in total. The Morgan fingerprint density at radius 2 is 2.21 bits per heavy atom. The third kappa shape index (κ3) is 1.51. The molecule has 0 aliphatic heterocycles. The standard InChI is InChI=1S/C11H12N2S/c1-8(2)7-13-10-6-4-3-5-9(10)12-11(13)14/h3-6H,1,7H2,2H3,(H,12,14). The Bertz CT molecular complexity index is 533. The molecule has 0 amide bonds. The number of aromatic amines is 1. The van der Waals surface area contributed by atoms with E-state index < -0.39 is 0 Å². The molecule has 0 fully saturated rings. The first-order chi connectivity index (χ1) is 6.68. The van der Waals surface area contributed by atoms with Gasteiger partial charge in [0.2, 0.25) is 0 Å². The van der Waals surface area contributed by atoms with Gasteiger partial charge in [0.05, 0.1) is 11.0 Å². The first-order valence-corrected chi connectivity index (χ1v) is 4.91. The van der Waals surface area contributed by atoms with Gasteiger partial charge in [0.1, 0.15) is 0 Å². The van der Waals surface area contributed by atoms with E-state index in [1.807, 2.05) is 25.1 Å². The lowest BCUT2D eigenvalue weighted by Crippen LogP contribution is -1.97. The van der Waals surface area contributed by atoms with Crippen molar-refractivity contribution in [1.82, 2.24) is 9.55 Å². The molecule has 2 nitrogen and oxygen atoms in total. The van der Waals surface area contributed by atoms with Crippen molar-refractivity contribution in [3.05, 3.63) is 41.2 Å². The van der Waals surface area contributed by atoms with Crippen molar-refractivity contribution < 1.29 is 0 Å². The van der Waals surface area contributed by atoms with Crippen LogP contribution in [-0.2, 0) is 6.54 Å². The SMILES string of the molecule is C=C(C)Cn1c(=S)[nH]c2ccccc21. The van der Waals surface area contributed by atoms with Crippen LogP contribution in [0.4, 0.5) is 0 Å². The summed E-state index contributed by atoms with van der Waals surface area (Å²) in [6.07, 6.45) is 0. The third-order valence-corrected chi connectivity index (χ3v) is 2.43. The minimum atomic E-state index is 0.759. The predicted molar refractivity (Wildman–Crippen MR) is 61.9 cm³/mol. The summed E-state index contributed by atoms with van der Waals surface area (Å²) in [4.78, 5) is 3.17. The average Bonchev–Trinajstić information content (AvgIpc) is 2.43. The summed E-state index contributed by atoms with van der Waals surface area (Å²) in [6.45, 7) is 6.68. The zero-order valence-electron chi connectivity index (χ0n) is 8.08. The number of hydrogen-bond acceptors (Lipinski definition) is 1. The van der Waals surface area contributed by atoms with Crippen LogP contribution in [0.15, 0.2) is 36.4 Å². The number of imidazole rings is 1. The predicted octanol–water partition coefficient (Wildman–Crippen LogP) is 3.27. The van der Waals surface area contributed by atoms with Crippen molar-refractivity contribution in [2.24, 2.45) is 0 Å². The molecule has 72 valence electrons. The van der Waals surface area contributed by atoms with Crippen molar-refractivity contribution in [2.75, 3.05) is 0 Å². The highest BCUT2D eigenvalue weighted by Crippen LogP contribution is 2.14. The van der Waals surface area contributed by atoms with Crippen molar-refractivity contribution in [1.29, 1.82) is 0 Å². The van der Waals surface area contributed by atoms with Crippen LogP contribution in [0.5, 0.6) is 0 Å². The molecule has 14 heavy (non-hydrogen) atoms. The molecule has 3 heteroatoms. The second kappa shape index (κ2) is 3.42. The summed E-state index contributed by atoms with van der Waals surface area (Å²) >= 11 is 5.24. The van der Waals surface area contributed by atoms with Crippen molar-refractivity contribution >= 4 is 23.3 Å². The van der Waals surface area contributed by atoms with E-state index in [0.29, 0.717) is 0 Å². The highest BCUT2D eigenvalue weighted by Gasteiger charge is 2.02. The number of allylic oxidation sites excluding steroid dienone is 1. The van der Waals surface area contributed by atoms with Gasteiger partial charge in [-0.1, -0.05) is 24.3 Å². The number of nitrogens with zero attached hydrogens (tertiary/aromatic N) is 1. The third-order valence-electron chi connectivity index (χ3n) is 2.11. The van der Waals surface area contributed by atoms with Gasteiger partial charge < -0.3 is 9.55 Å². The minimum absolute atomic E-state index is 0.759. The maximum Gasteiger partial charge on any atom is 0.178 e. The largest absolute Gasteiger partial charge is 0.331 e. The Balaban J connectivity index is 2.68. The highest BCUT2D eigenvalue weighted by atomic mass is 32.1. The molecule has 2 aromatic rings. The molecular weight excluding hydrogens is 192 g/mol. The van der Waals surface area contributed by atoms with Gasteiger partial charge in [-0.2, -0.15) is 0 Å². The van der Waals surface area contributed by atoms with Crippen molar-refractivity contribution in [3.63, 3.8) is 0 Å². The first kappa shape index (κ1) is 9.21. The molecular formula is C11H12N2S. The summed E-state index contributed by atoms with van der Waals surface area (Å²) < 4.78 is 2.82. The quantitative estimate of drug-likeness (QED) is 0.588. The average molecular weight is 204 g/mol. The number of H-pyrrole nitrogens is 1. The van der Waals surface area contributed by atoms with Crippen LogP contribution in [0.1, 0.15) is 6.92 Å². The second-order valence-corrected chi connectivity index (χ2v) is 3.88. The molecule has 1 heterocycles. The van der Waals surface area contributed by atoms with E-state index in [2.05, 4.69) is 22.2 Å². The Labute approximate surface area is 87.9 Å². The molecule has 0 radical (unpaired) electrons. The van der Waals surface area contributed by atoms with Gasteiger partial charge in [-0.3, -0.25) is 0 Å². The minimum Gasteiger partial charge on any atom is -0.331 e. The lowest BCUT2D eigenvalue weighted by molar-refractivity contribution is 0.798. The van der Waals surface area contributed by atoms with Crippen LogP contribution in [0.25, 0.3) is 11.0 Å². The lowest BCUT2D eigenvalue weighted by atomic mass is 10.3. The number of benzene rings is 1.